The highest BCUT2D eigenvalue weighted by Gasteiger charge is 2.29. The van der Waals surface area contributed by atoms with Gasteiger partial charge in [0.15, 0.2) is 0 Å². The average molecular weight is 400 g/mol. The van der Waals surface area contributed by atoms with Gasteiger partial charge >= 0.3 is 0 Å². The maximum absolute atomic E-state index is 12.6. The summed E-state index contributed by atoms with van der Waals surface area (Å²) in [5, 5.41) is 13.1. The first-order valence-electron chi connectivity index (χ1n) is 9.86. The molecule has 2 saturated heterocycles. The van der Waals surface area contributed by atoms with Crippen molar-refractivity contribution in [2.75, 3.05) is 29.4 Å². The Morgan fingerprint density at radius 2 is 1.86 bits per heavy atom. The molecule has 148 valence electrons. The SMILES string of the molecule is C[C@H](NC(=O)C1CCN(c2nnc(N3CCCC3=O)s2)CC1)c1ccccc1. The molecular formula is C20H25N5O2S. The average Bonchev–Trinajstić information content (AvgIpc) is 3.37. The number of rotatable bonds is 5. The van der Waals surface area contributed by atoms with E-state index < -0.39 is 0 Å². The van der Waals surface area contributed by atoms with Crippen LogP contribution >= 0.6 is 11.3 Å². The predicted octanol–water partition coefficient (Wildman–Crippen LogP) is 2.76. The van der Waals surface area contributed by atoms with Crippen molar-refractivity contribution in [3.05, 3.63) is 35.9 Å². The van der Waals surface area contributed by atoms with E-state index in [1.165, 1.54) is 11.3 Å². The Bertz CT molecular complexity index is 832. The van der Waals surface area contributed by atoms with Gasteiger partial charge in [0.05, 0.1) is 6.04 Å². The summed E-state index contributed by atoms with van der Waals surface area (Å²) in [6.07, 6.45) is 3.07. The first-order valence-corrected chi connectivity index (χ1v) is 10.7. The molecule has 3 heterocycles. The lowest BCUT2D eigenvalue weighted by Gasteiger charge is -2.31. The molecule has 1 aromatic carbocycles. The Balaban J connectivity index is 1.30. The second-order valence-electron chi connectivity index (χ2n) is 7.42. The van der Waals surface area contributed by atoms with Crippen molar-refractivity contribution in [2.45, 2.75) is 38.6 Å². The van der Waals surface area contributed by atoms with E-state index in [1.54, 1.807) is 4.90 Å². The van der Waals surface area contributed by atoms with E-state index >= 15 is 0 Å². The third kappa shape index (κ3) is 4.01. The van der Waals surface area contributed by atoms with Crippen LogP contribution in [0.25, 0.3) is 0 Å². The number of carbonyl (C=O) groups is 2. The van der Waals surface area contributed by atoms with Crippen molar-refractivity contribution in [3.63, 3.8) is 0 Å². The summed E-state index contributed by atoms with van der Waals surface area (Å²) in [7, 11) is 0. The van der Waals surface area contributed by atoms with Crippen molar-refractivity contribution < 1.29 is 9.59 Å². The summed E-state index contributed by atoms with van der Waals surface area (Å²) in [6, 6.07) is 10.0. The van der Waals surface area contributed by atoms with E-state index in [0.717, 1.165) is 49.6 Å². The lowest BCUT2D eigenvalue weighted by atomic mass is 9.95. The van der Waals surface area contributed by atoms with Crippen molar-refractivity contribution in [1.29, 1.82) is 0 Å². The van der Waals surface area contributed by atoms with E-state index in [9.17, 15) is 9.59 Å². The fourth-order valence-corrected chi connectivity index (χ4v) is 4.73. The van der Waals surface area contributed by atoms with Crippen LogP contribution in [0.5, 0.6) is 0 Å². The molecule has 4 rings (SSSR count). The molecule has 2 aliphatic heterocycles. The van der Waals surface area contributed by atoms with Crippen LogP contribution in [-0.4, -0.2) is 41.6 Å². The minimum atomic E-state index is 0.00967. The van der Waals surface area contributed by atoms with Gasteiger partial charge in [-0.1, -0.05) is 41.7 Å². The molecule has 28 heavy (non-hydrogen) atoms. The van der Waals surface area contributed by atoms with Gasteiger partial charge in [-0.25, -0.2) is 0 Å². The molecule has 2 amide bonds. The summed E-state index contributed by atoms with van der Waals surface area (Å²) in [4.78, 5) is 28.4. The second kappa shape index (κ2) is 8.26. The van der Waals surface area contributed by atoms with Crippen LogP contribution in [0.4, 0.5) is 10.3 Å². The van der Waals surface area contributed by atoms with Gasteiger partial charge in [-0.15, -0.1) is 10.2 Å². The molecule has 0 spiro atoms. The summed E-state index contributed by atoms with van der Waals surface area (Å²) in [5.41, 5.74) is 1.12. The topological polar surface area (TPSA) is 78.4 Å². The summed E-state index contributed by atoms with van der Waals surface area (Å²) < 4.78 is 0. The van der Waals surface area contributed by atoms with Gasteiger partial charge in [0.2, 0.25) is 22.1 Å². The van der Waals surface area contributed by atoms with Crippen LogP contribution in [0.1, 0.15) is 44.2 Å². The molecule has 2 fully saturated rings. The zero-order valence-corrected chi connectivity index (χ0v) is 16.8. The Hall–Kier alpha value is -2.48. The summed E-state index contributed by atoms with van der Waals surface area (Å²) >= 11 is 1.47. The number of hydrogen-bond donors (Lipinski definition) is 1. The number of amides is 2. The highest BCUT2D eigenvalue weighted by atomic mass is 32.1. The Labute approximate surface area is 168 Å². The molecular weight excluding hydrogens is 374 g/mol. The Morgan fingerprint density at radius 3 is 2.54 bits per heavy atom. The fraction of sp³-hybridized carbons (Fsp3) is 0.500. The van der Waals surface area contributed by atoms with Crippen LogP contribution < -0.4 is 15.1 Å². The third-order valence-corrected chi connectivity index (χ3v) is 6.51. The van der Waals surface area contributed by atoms with Crippen LogP contribution in [-0.2, 0) is 9.59 Å². The molecule has 8 heteroatoms. The molecule has 0 unspecified atom stereocenters. The summed E-state index contributed by atoms with van der Waals surface area (Å²) in [6.45, 7) is 4.31. The molecule has 0 radical (unpaired) electrons. The third-order valence-electron chi connectivity index (χ3n) is 5.50. The van der Waals surface area contributed by atoms with Crippen LogP contribution in [0.15, 0.2) is 30.3 Å². The van der Waals surface area contributed by atoms with Crippen molar-refractivity contribution in [2.24, 2.45) is 5.92 Å². The number of benzene rings is 1. The quantitative estimate of drug-likeness (QED) is 0.836. The molecule has 0 aliphatic carbocycles. The minimum Gasteiger partial charge on any atom is -0.349 e. The molecule has 1 atom stereocenters. The normalized spacial score (nSPS) is 19.1. The lowest BCUT2D eigenvalue weighted by Crippen LogP contribution is -2.41. The molecule has 0 bridgehead atoms. The summed E-state index contributed by atoms with van der Waals surface area (Å²) in [5.74, 6) is 0.275. The predicted molar refractivity (Wildman–Crippen MR) is 109 cm³/mol. The Morgan fingerprint density at radius 1 is 1.14 bits per heavy atom. The number of aromatic nitrogens is 2. The monoisotopic (exact) mass is 399 g/mol. The van der Waals surface area contributed by atoms with Gasteiger partial charge in [0.1, 0.15) is 0 Å². The van der Waals surface area contributed by atoms with E-state index in [2.05, 4.69) is 20.4 Å². The molecule has 0 saturated carbocycles. The van der Waals surface area contributed by atoms with Crippen molar-refractivity contribution in [1.82, 2.24) is 15.5 Å². The Kier molecular flexibility index (Phi) is 5.57. The molecule has 2 aliphatic rings. The smallest absolute Gasteiger partial charge is 0.228 e. The number of carbonyl (C=O) groups excluding carboxylic acids is 2. The zero-order valence-electron chi connectivity index (χ0n) is 16.0. The van der Waals surface area contributed by atoms with Crippen LogP contribution in [0.3, 0.4) is 0 Å². The number of piperidine rings is 1. The number of hydrogen-bond acceptors (Lipinski definition) is 6. The van der Waals surface area contributed by atoms with Gasteiger partial charge in [0.25, 0.3) is 0 Å². The van der Waals surface area contributed by atoms with Gasteiger partial charge < -0.3 is 10.2 Å². The fourth-order valence-electron chi connectivity index (χ4n) is 3.78. The van der Waals surface area contributed by atoms with Crippen molar-refractivity contribution >= 4 is 33.4 Å². The highest BCUT2D eigenvalue weighted by Crippen LogP contribution is 2.32. The standard InChI is InChI=1S/C20H25N5O2S/c1-14(15-6-3-2-4-7-15)21-18(27)16-9-12-24(13-10-16)19-22-23-20(28-19)25-11-5-8-17(25)26/h2-4,6-7,14,16H,5,8-13H2,1H3,(H,21,27)/t14-/m0/s1. The number of nitrogens with one attached hydrogen (secondary N) is 1. The molecule has 2 aromatic rings. The maximum atomic E-state index is 12.6. The largest absolute Gasteiger partial charge is 0.349 e. The number of anilines is 2. The lowest BCUT2D eigenvalue weighted by molar-refractivity contribution is -0.126. The van der Waals surface area contributed by atoms with Gasteiger partial charge in [0, 0.05) is 32.0 Å². The second-order valence-corrected chi connectivity index (χ2v) is 8.35. The van der Waals surface area contributed by atoms with E-state index in [-0.39, 0.29) is 23.8 Å². The van der Waals surface area contributed by atoms with Crippen molar-refractivity contribution in [3.8, 4) is 0 Å². The van der Waals surface area contributed by atoms with Crippen LogP contribution in [0, 0.1) is 5.92 Å². The van der Waals surface area contributed by atoms with Gasteiger partial charge in [-0.3, -0.25) is 14.5 Å². The molecule has 1 N–H and O–H groups in total. The van der Waals surface area contributed by atoms with Gasteiger partial charge in [-0.05, 0) is 31.7 Å². The van der Waals surface area contributed by atoms with E-state index in [4.69, 9.17) is 0 Å². The van der Waals surface area contributed by atoms with E-state index in [1.807, 2.05) is 37.3 Å². The van der Waals surface area contributed by atoms with E-state index in [0.29, 0.717) is 11.6 Å². The van der Waals surface area contributed by atoms with Crippen LogP contribution in [0.2, 0.25) is 0 Å². The highest BCUT2D eigenvalue weighted by molar-refractivity contribution is 7.19. The first kappa shape index (κ1) is 18.9. The maximum Gasteiger partial charge on any atom is 0.228 e. The zero-order chi connectivity index (χ0) is 19.5. The molecule has 1 aromatic heterocycles. The minimum absolute atomic E-state index is 0.00967. The molecule has 7 nitrogen and oxygen atoms in total. The first-order chi connectivity index (χ1) is 13.6. The van der Waals surface area contributed by atoms with Gasteiger partial charge in [-0.2, -0.15) is 0 Å². The number of nitrogens with zero attached hydrogens (tertiary/aromatic N) is 4.